The number of amides is 1. The fourth-order valence-electron chi connectivity index (χ4n) is 1.78. The average molecular weight is 298 g/mol. The first kappa shape index (κ1) is 15.4. The highest BCUT2D eigenvalue weighted by atomic mass is 19.1. The lowest BCUT2D eigenvalue weighted by molar-refractivity contribution is -0.121. The van der Waals surface area contributed by atoms with Crippen molar-refractivity contribution in [1.82, 2.24) is 10.9 Å². The molecule has 0 aromatic heterocycles. The molecule has 22 heavy (non-hydrogen) atoms. The van der Waals surface area contributed by atoms with Crippen LogP contribution >= 0.6 is 0 Å². The number of benzene rings is 2. The lowest BCUT2D eigenvalue weighted by atomic mass is 10.1. The van der Waals surface area contributed by atoms with E-state index in [0.717, 1.165) is 5.56 Å². The summed E-state index contributed by atoms with van der Waals surface area (Å²) in [6, 6.07) is 14.5. The van der Waals surface area contributed by atoms with E-state index < -0.39 is 5.82 Å². The largest absolute Gasteiger partial charge is 0.306 e. The van der Waals surface area contributed by atoms with Gasteiger partial charge in [0.1, 0.15) is 5.82 Å². The third-order valence-electron chi connectivity index (χ3n) is 2.87. The van der Waals surface area contributed by atoms with Gasteiger partial charge in [-0.05, 0) is 29.8 Å². The molecule has 1 amide bonds. The van der Waals surface area contributed by atoms with Crippen molar-refractivity contribution in [3.63, 3.8) is 0 Å². The van der Waals surface area contributed by atoms with Crippen LogP contribution in [0.5, 0.6) is 0 Å². The zero-order chi connectivity index (χ0) is 15.8. The van der Waals surface area contributed by atoms with Gasteiger partial charge in [0.05, 0.1) is 6.42 Å². The summed E-state index contributed by atoms with van der Waals surface area (Å²) in [6.07, 6.45) is 2.83. The number of carbonyl (C=O) groups excluding carboxylic acids is 2. The monoisotopic (exact) mass is 298 g/mol. The fourth-order valence-corrected chi connectivity index (χ4v) is 1.78. The van der Waals surface area contributed by atoms with Crippen LogP contribution in [0.25, 0.3) is 0 Å². The molecule has 0 heterocycles. The van der Waals surface area contributed by atoms with E-state index >= 15 is 0 Å². The van der Waals surface area contributed by atoms with Crippen LogP contribution < -0.4 is 10.9 Å². The standard InChI is InChI=1S/C17H15FN2O2/c18-15-8-6-14(7-9-15)16(21)10-11-19-20-17(22)12-13-4-2-1-3-5-13/h1-11,19H,12H2,(H,20,22)/b11-10+. The van der Waals surface area contributed by atoms with Gasteiger partial charge in [-0.3, -0.25) is 15.0 Å². The number of rotatable bonds is 6. The number of hydrogen-bond donors (Lipinski definition) is 2. The molecule has 5 heteroatoms. The second-order valence-electron chi connectivity index (χ2n) is 4.56. The van der Waals surface area contributed by atoms with Crippen LogP contribution in [0, 0.1) is 5.82 Å². The van der Waals surface area contributed by atoms with Crippen LogP contribution in [-0.4, -0.2) is 11.7 Å². The lowest BCUT2D eigenvalue weighted by Gasteiger charge is -2.04. The Hall–Kier alpha value is -2.95. The minimum absolute atomic E-state index is 0.218. The molecule has 0 atom stereocenters. The first-order valence-corrected chi connectivity index (χ1v) is 6.70. The summed E-state index contributed by atoms with van der Waals surface area (Å²) < 4.78 is 12.7. The van der Waals surface area contributed by atoms with Crippen molar-refractivity contribution < 1.29 is 14.0 Å². The second-order valence-corrected chi connectivity index (χ2v) is 4.56. The minimum Gasteiger partial charge on any atom is -0.306 e. The molecule has 0 spiro atoms. The molecule has 2 aromatic rings. The summed E-state index contributed by atoms with van der Waals surface area (Å²) in [5, 5.41) is 0. The Morgan fingerprint density at radius 1 is 1.00 bits per heavy atom. The molecule has 0 aliphatic heterocycles. The number of hydrogen-bond acceptors (Lipinski definition) is 3. The first-order chi connectivity index (χ1) is 10.6. The molecule has 2 aromatic carbocycles. The van der Waals surface area contributed by atoms with E-state index in [2.05, 4.69) is 10.9 Å². The number of ketones is 1. The van der Waals surface area contributed by atoms with Gasteiger partial charge in [0.25, 0.3) is 0 Å². The molecule has 2 N–H and O–H groups in total. The van der Waals surface area contributed by atoms with Gasteiger partial charge in [-0.1, -0.05) is 30.3 Å². The van der Waals surface area contributed by atoms with Gasteiger partial charge in [0, 0.05) is 17.8 Å². The molecule has 0 saturated carbocycles. The maximum Gasteiger partial charge on any atom is 0.242 e. The highest BCUT2D eigenvalue weighted by molar-refractivity contribution is 6.04. The van der Waals surface area contributed by atoms with E-state index in [0.29, 0.717) is 5.56 Å². The number of carbonyl (C=O) groups is 2. The van der Waals surface area contributed by atoms with E-state index in [4.69, 9.17) is 0 Å². The number of hydrazine groups is 1. The van der Waals surface area contributed by atoms with E-state index in [9.17, 15) is 14.0 Å². The molecule has 0 aliphatic rings. The van der Waals surface area contributed by atoms with Gasteiger partial charge >= 0.3 is 0 Å². The molecular formula is C17H15FN2O2. The smallest absolute Gasteiger partial charge is 0.242 e. The molecule has 0 radical (unpaired) electrons. The predicted octanol–water partition coefficient (Wildman–Crippen LogP) is 2.39. The molecule has 2 rings (SSSR count). The Bertz CT molecular complexity index is 667. The van der Waals surface area contributed by atoms with E-state index in [1.807, 2.05) is 30.3 Å². The van der Waals surface area contributed by atoms with Crippen molar-refractivity contribution in [2.75, 3.05) is 0 Å². The predicted molar refractivity (Wildman–Crippen MR) is 81.3 cm³/mol. The quantitative estimate of drug-likeness (QED) is 0.489. The van der Waals surface area contributed by atoms with Crippen LogP contribution in [0.1, 0.15) is 15.9 Å². The second kappa shape index (κ2) is 7.73. The molecule has 0 fully saturated rings. The fraction of sp³-hybridized carbons (Fsp3) is 0.0588. The van der Waals surface area contributed by atoms with Gasteiger partial charge in [0.2, 0.25) is 5.91 Å². The van der Waals surface area contributed by atoms with Crippen LogP contribution in [0.15, 0.2) is 66.9 Å². The first-order valence-electron chi connectivity index (χ1n) is 6.70. The molecule has 4 nitrogen and oxygen atoms in total. The zero-order valence-electron chi connectivity index (χ0n) is 11.8. The third-order valence-corrected chi connectivity index (χ3v) is 2.87. The molecule has 0 bridgehead atoms. The number of allylic oxidation sites excluding steroid dienone is 1. The number of halogens is 1. The number of nitrogens with one attached hydrogen (secondary N) is 2. The van der Waals surface area contributed by atoms with Crippen LogP contribution in [0.4, 0.5) is 4.39 Å². The highest BCUT2D eigenvalue weighted by Gasteiger charge is 2.02. The SMILES string of the molecule is O=C(Cc1ccccc1)NN/C=C/C(=O)c1ccc(F)cc1. The van der Waals surface area contributed by atoms with Crippen molar-refractivity contribution in [1.29, 1.82) is 0 Å². The van der Waals surface area contributed by atoms with Gasteiger partial charge < -0.3 is 5.43 Å². The zero-order valence-corrected chi connectivity index (χ0v) is 11.8. The summed E-state index contributed by atoms with van der Waals surface area (Å²) in [5.74, 6) is -0.901. The van der Waals surface area contributed by atoms with Crippen LogP contribution in [0.3, 0.4) is 0 Å². The van der Waals surface area contributed by atoms with Crippen molar-refractivity contribution in [3.8, 4) is 0 Å². The summed E-state index contributed by atoms with van der Waals surface area (Å²) in [7, 11) is 0. The molecule has 112 valence electrons. The highest BCUT2D eigenvalue weighted by Crippen LogP contribution is 2.04. The van der Waals surface area contributed by atoms with Crippen molar-refractivity contribution in [2.45, 2.75) is 6.42 Å². The third kappa shape index (κ3) is 4.86. The maximum absolute atomic E-state index is 12.7. The Kier molecular flexibility index (Phi) is 5.43. The van der Waals surface area contributed by atoms with E-state index in [1.165, 1.54) is 36.5 Å². The molecular weight excluding hydrogens is 283 g/mol. The topological polar surface area (TPSA) is 58.2 Å². The lowest BCUT2D eigenvalue weighted by Crippen LogP contribution is -2.34. The van der Waals surface area contributed by atoms with Gasteiger partial charge in [-0.15, -0.1) is 0 Å². The van der Waals surface area contributed by atoms with Gasteiger partial charge in [-0.2, -0.15) is 0 Å². The summed E-state index contributed by atoms with van der Waals surface area (Å²) >= 11 is 0. The normalized spacial score (nSPS) is 10.4. The van der Waals surface area contributed by atoms with E-state index in [1.54, 1.807) is 0 Å². The average Bonchev–Trinajstić information content (AvgIpc) is 2.53. The Labute approximate surface area is 127 Å². The van der Waals surface area contributed by atoms with Crippen molar-refractivity contribution >= 4 is 11.7 Å². The van der Waals surface area contributed by atoms with E-state index in [-0.39, 0.29) is 18.1 Å². The van der Waals surface area contributed by atoms with Crippen molar-refractivity contribution in [2.24, 2.45) is 0 Å². The molecule has 0 unspecified atom stereocenters. The van der Waals surface area contributed by atoms with Crippen molar-refractivity contribution in [3.05, 3.63) is 83.8 Å². The van der Waals surface area contributed by atoms with Gasteiger partial charge in [0.15, 0.2) is 5.78 Å². The maximum atomic E-state index is 12.7. The Morgan fingerprint density at radius 3 is 2.36 bits per heavy atom. The minimum atomic E-state index is -0.396. The summed E-state index contributed by atoms with van der Waals surface area (Å²) in [5.41, 5.74) is 6.27. The Balaban J connectivity index is 1.77. The summed E-state index contributed by atoms with van der Waals surface area (Å²) in [4.78, 5) is 23.4. The van der Waals surface area contributed by atoms with Crippen LogP contribution in [-0.2, 0) is 11.2 Å². The molecule has 0 aliphatic carbocycles. The van der Waals surface area contributed by atoms with Gasteiger partial charge in [-0.25, -0.2) is 4.39 Å². The molecule has 0 saturated heterocycles. The summed E-state index contributed by atoms with van der Waals surface area (Å²) in [6.45, 7) is 0. The Morgan fingerprint density at radius 2 is 1.68 bits per heavy atom. The van der Waals surface area contributed by atoms with Crippen LogP contribution in [0.2, 0.25) is 0 Å².